The van der Waals surface area contributed by atoms with Crippen LogP contribution in [0.15, 0.2) is 85.3 Å². The molecule has 144 valence electrons. The largest absolute Gasteiger partial charge is 1.00 e. The molecule has 0 aliphatic rings. The van der Waals surface area contributed by atoms with E-state index >= 15 is 0 Å². The molecule has 2 aromatic carbocycles. The molecule has 0 atom stereocenters. The Morgan fingerprint density at radius 1 is 0.897 bits per heavy atom. The van der Waals surface area contributed by atoms with Crippen LogP contribution in [0.25, 0.3) is 22.9 Å². The van der Waals surface area contributed by atoms with E-state index in [2.05, 4.69) is 35.3 Å². The molecule has 5 heteroatoms. The molecule has 2 heterocycles. The minimum absolute atomic E-state index is 0. The molecule has 0 N–H and O–H groups in total. The summed E-state index contributed by atoms with van der Waals surface area (Å²) in [5, 5.41) is 2.09. The van der Waals surface area contributed by atoms with Gasteiger partial charge in [-0.3, -0.25) is 0 Å². The van der Waals surface area contributed by atoms with E-state index in [4.69, 9.17) is 4.74 Å². The Kier molecular flexibility index (Phi) is 6.72. The minimum Gasteiger partial charge on any atom is -1.00 e. The molecule has 29 heavy (non-hydrogen) atoms. The van der Waals surface area contributed by atoms with Crippen molar-refractivity contribution in [2.24, 2.45) is 7.05 Å². The number of rotatable bonds is 4. The van der Waals surface area contributed by atoms with Crippen LogP contribution in [0.2, 0.25) is 0 Å². The molecular weight excluding hydrogens is 475 g/mol. The summed E-state index contributed by atoms with van der Waals surface area (Å²) in [6.07, 6.45) is 9.79. The molecule has 0 saturated heterocycles. The second-order valence-electron chi connectivity index (χ2n) is 6.50. The van der Waals surface area contributed by atoms with Gasteiger partial charge in [0.05, 0.1) is 0 Å². The summed E-state index contributed by atoms with van der Waals surface area (Å²) >= 11 is 0. The maximum absolute atomic E-state index is 12.1. The smallest absolute Gasteiger partial charge is 0.362 e. The molecule has 0 unspecified atom stereocenters. The molecule has 2 aromatic heterocycles. The lowest BCUT2D eigenvalue weighted by Crippen LogP contribution is -3.00. The van der Waals surface area contributed by atoms with E-state index < -0.39 is 5.97 Å². The van der Waals surface area contributed by atoms with Gasteiger partial charge in [0.15, 0.2) is 12.4 Å². The Morgan fingerprint density at radius 3 is 2.38 bits per heavy atom. The molecule has 0 aliphatic carbocycles. The Hall–Kier alpha value is -3.06. The number of halogens is 1. The zero-order chi connectivity index (χ0) is 19.3. The summed E-state index contributed by atoms with van der Waals surface area (Å²) in [6.45, 7) is 0. The number of nitrogens with zero attached hydrogens (tertiary/aromatic N) is 2. The maximum Gasteiger partial charge on any atom is 0.362 e. The summed E-state index contributed by atoms with van der Waals surface area (Å²) in [4.78, 5) is 16.2. The molecule has 0 fully saturated rings. The second kappa shape index (κ2) is 9.43. The highest BCUT2D eigenvalue weighted by Crippen LogP contribution is 2.23. The van der Waals surface area contributed by atoms with Crippen molar-refractivity contribution >= 4 is 28.9 Å². The number of aryl methyl sites for hydroxylation is 1. The highest BCUT2D eigenvalue weighted by molar-refractivity contribution is 5.91. The van der Waals surface area contributed by atoms with E-state index in [1.165, 1.54) is 0 Å². The normalized spacial score (nSPS) is 10.7. The van der Waals surface area contributed by atoms with Gasteiger partial charge < -0.3 is 28.7 Å². The minimum atomic E-state index is -0.462. The summed E-state index contributed by atoms with van der Waals surface area (Å²) in [7, 11) is 2.00. The summed E-state index contributed by atoms with van der Waals surface area (Å²) < 4.78 is 7.44. The van der Waals surface area contributed by atoms with Crippen LogP contribution in [-0.2, 0) is 7.05 Å². The zero-order valence-electron chi connectivity index (χ0n) is 15.8. The lowest BCUT2D eigenvalue weighted by molar-refractivity contribution is -0.671. The van der Waals surface area contributed by atoms with Crippen LogP contribution in [0.5, 0.6) is 5.75 Å². The number of carbonyl (C=O) groups excluding carboxylic acids is 1. The lowest BCUT2D eigenvalue weighted by atomic mass is 10.1. The Bertz CT molecular complexity index is 1160. The average molecular weight is 494 g/mol. The molecule has 0 aliphatic heterocycles. The van der Waals surface area contributed by atoms with Gasteiger partial charge in [-0.25, -0.2) is 14.3 Å². The number of fused-ring (bicyclic) bond motifs is 1. The van der Waals surface area contributed by atoms with Crippen molar-refractivity contribution in [3.63, 3.8) is 0 Å². The number of carbonyl (C=O) groups is 1. The van der Waals surface area contributed by atoms with E-state index in [0.29, 0.717) is 5.75 Å². The van der Waals surface area contributed by atoms with Crippen LogP contribution in [0.4, 0.5) is 0 Å². The molecule has 4 nitrogen and oxygen atoms in total. The van der Waals surface area contributed by atoms with Crippen molar-refractivity contribution < 1.29 is 38.1 Å². The third kappa shape index (κ3) is 5.26. The van der Waals surface area contributed by atoms with Crippen LogP contribution in [-0.4, -0.2) is 11.0 Å². The first-order valence-electron chi connectivity index (χ1n) is 8.98. The Morgan fingerprint density at radius 2 is 1.62 bits per heavy atom. The number of aromatic nitrogens is 2. The Balaban J connectivity index is 0.00000240. The molecule has 0 spiro atoms. The third-order valence-corrected chi connectivity index (χ3v) is 4.39. The fraction of sp³-hybridized carbons (Fsp3) is 0.0417. The first kappa shape index (κ1) is 20.7. The van der Waals surface area contributed by atoms with Gasteiger partial charge in [-0.2, -0.15) is 0 Å². The van der Waals surface area contributed by atoms with Crippen LogP contribution in [0.1, 0.15) is 21.6 Å². The lowest BCUT2D eigenvalue weighted by Gasteiger charge is -2.06. The number of pyridine rings is 2. The monoisotopic (exact) mass is 494 g/mol. The van der Waals surface area contributed by atoms with Gasteiger partial charge >= 0.3 is 5.97 Å². The second-order valence-corrected chi connectivity index (χ2v) is 6.50. The fourth-order valence-corrected chi connectivity index (χ4v) is 2.87. The van der Waals surface area contributed by atoms with E-state index in [0.717, 1.165) is 21.9 Å². The van der Waals surface area contributed by atoms with Crippen molar-refractivity contribution in [3.8, 4) is 5.75 Å². The van der Waals surface area contributed by atoms with Crippen molar-refractivity contribution in [1.82, 2.24) is 4.98 Å². The van der Waals surface area contributed by atoms with E-state index in [9.17, 15) is 4.79 Å². The van der Waals surface area contributed by atoms with Crippen LogP contribution < -0.4 is 33.3 Å². The molecule has 0 saturated carbocycles. The first-order valence-corrected chi connectivity index (χ1v) is 8.98. The highest BCUT2D eigenvalue weighted by atomic mass is 127. The molecular formula is C24H19IN2O2. The van der Waals surface area contributed by atoms with Crippen molar-refractivity contribution in [2.75, 3.05) is 0 Å². The van der Waals surface area contributed by atoms with Crippen LogP contribution in [0.3, 0.4) is 0 Å². The fourth-order valence-electron chi connectivity index (χ4n) is 2.87. The molecule has 0 radical (unpaired) electrons. The molecule has 4 aromatic rings. The quantitative estimate of drug-likeness (QED) is 0.187. The predicted octanol–water partition coefficient (Wildman–Crippen LogP) is 1.45. The maximum atomic E-state index is 12.1. The first-order chi connectivity index (χ1) is 13.7. The summed E-state index contributed by atoms with van der Waals surface area (Å²) in [6, 6.07) is 21.1. The zero-order valence-corrected chi connectivity index (χ0v) is 18.0. The predicted molar refractivity (Wildman–Crippen MR) is 110 cm³/mol. The van der Waals surface area contributed by atoms with Crippen LogP contribution in [0, 0.1) is 0 Å². The van der Waals surface area contributed by atoms with Gasteiger partial charge in [0.25, 0.3) is 0 Å². The van der Waals surface area contributed by atoms with Crippen molar-refractivity contribution in [1.29, 1.82) is 0 Å². The van der Waals surface area contributed by atoms with Gasteiger partial charge in [0.1, 0.15) is 18.5 Å². The number of ether oxygens (including phenoxy) is 1. The average Bonchev–Trinajstić information content (AvgIpc) is 2.74. The topological polar surface area (TPSA) is 43.1 Å². The van der Waals surface area contributed by atoms with Gasteiger partial charge in [0.2, 0.25) is 0 Å². The number of benzene rings is 2. The summed E-state index contributed by atoms with van der Waals surface area (Å²) in [5.74, 6) is 0.0411. The third-order valence-electron chi connectivity index (χ3n) is 4.39. The van der Waals surface area contributed by atoms with Gasteiger partial charge in [-0.15, -0.1) is 0 Å². The molecule has 4 rings (SSSR count). The van der Waals surface area contributed by atoms with E-state index in [1.54, 1.807) is 30.5 Å². The van der Waals surface area contributed by atoms with E-state index in [-0.39, 0.29) is 29.7 Å². The van der Waals surface area contributed by atoms with Crippen molar-refractivity contribution in [2.45, 2.75) is 0 Å². The summed E-state index contributed by atoms with van der Waals surface area (Å²) in [5.41, 5.74) is 2.55. The van der Waals surface area contributed by atoms with Gasteiger partial charge in [-0.05, 0) is 52.2 Å². The van der Waals surface area contributed by atoms with Crippen molar-refractivity contribution in [3.05, 3.63) is 102 Å². The molecule has 0 amide bonds. The molecule has 0 bridgehead atoms. The number of hydrogen-bond donors (Lipinski definition) is 0. The highest BCUT2D eigenvalue weighted by Gasteiger charge is 2.09. The van der Waals surface area contributed by atoms with Crippen LogP contribution >= 0.6 is 0 Å². The standard InChI is InChI=1S/C24H19N2O2.HI/c1-26-14-11-18(12-15-26)5-6-19-7-8-21-17-22(10-9-20(21)16-19)28-24(27)23-4-2-3-13-25-23;/h2-17H,1H3;1H/q+1;/p-1/b6-5+;. The van der Waals surface area contributed by atoms with E-state index in [1.807, 2.05) is 48.3 Å². The van der Waals surface area contributed by atoms with Gasteiger partial charge in [0, 0.05) is 18.3 Å². The van der Waals surface area contributed by atoms with Gasteiger partial charge in [-0.1, -0.05) is 36.4 Å². The SMILES string of the molecule is C[n+]1ccc(/C=C/c2ccc3cc(OC(=O)c4ccccn4)ccc3c2)cc1.[I-]. The Labute approximate surface area is 186 Å². The number of hydrogen-bond acceptors (Lipinski definition) is 3. The number of esters is 1.